The molecule has 2 aromatic carbocycles. The Kier molecular flexibility index (Phi) is 6.16. The minimum atomic E-state index is -0.123. The number of piperazine rings is 1. The van der Waals surface area contributed by atoms with E-state index in [1.165, 1.54) is 0 Å². The van der Waals surface area contributed by atoms with E-state index in [1.807, 2.05) is 30.3 Å². The third-order valence-electron chi connectivity index (χ3n) is 5.36. The van der Waals surface area contributed by atoms with E-state index in [2.05, 4.69) is 20.4 Å². The normalized spacial score (nSPS) is 14.4. The fraction of sp³-hybridized carbons (Fsp3) is 0.273. The van der Waals surface area contributed by atoms with Crippen molar-refractivity contribution in [2.24, 2.45) is 0 Å². The molecule has 9 heteroatoms. The Hall–Kier alpha value is -3.41. The number of benzene rings is 2. The summed E-state index contributed by atoms with van der Waals surface area (Å²) in [7, 11) is 0. The number of halogens is 1. The number of hydrogen-bond acceptors (Lipinski definition) is 5. The second-order valence-electron chi connectivity index (χ2n) is 7.36. The van der Waals surface area contributed by atoms with E-state index in [0.717, 1.165) is 10.9 Å². The van der Waals surface area contributed by atoms with Crippen LogP contribution in [0, 0.1) is 11.3 Å². The summed E-state index contributed by atoms with van der Waals surface area (Å²) in [6, 6.07) is 14.4. The van der Waals surface area contributed by atoms with Gasteiger partial charge in [0.15, 0.2) is 5.69 Å². The molecular weight excluding hydrogens is 416 g/mol. The van der Waals surface area contributed by atoms with Gasteiger partial charge >= 0.3 is 0 Å². The van der Waals surface area contributed by atoms with Crippen molar-refractivity contribution in [3.05, 3.63) is 58.7 Å². The Morgan fingerprint density at radius 2 is 1.94 bits per heavy atom. The van der Waals surface area contributed by atoms with Crippen LogP contribution in [-0.2, 0) is 4.79 Å². The van der Waals surface area contributed by atoms with Crippen LogP contribution in [-0.4, -0.2) is 64.5 Å². The monoisotopic (exact) mass is 436 g/mol. The quantitative estimate of drug-likeness (QED) is 0.639. The first-order chi connectivity index (χ1) is 15.0. The molecule has 0 aliphatic carbocycles. The van der Waals surface area contributed by atoms with Gasteiger partial charge in [0, 0.05) is 50.2 Å². The van der Waals surface area contributed by atoms with Crippen molar-refractivity contribution in [3.63, 3.8) is 0 Å². The van der Waals surface area contributed by atoms with Crippen molar-refractivity contribution in [2.45, 2.75) is 6.42 Å². The van der Waals surface area contributed by atoms with E-state index in [0.29, 0.717) is 61.1 Å². The van der Waals surface area contributed by atoms with Gasteiger partial charge in [0.05, 0.1) is 16.1 Å². The average Bonchev–Trinajstić information content (AvgIpc) is 3.22. The average molecular weight is 437 g/mol. The Labute approximate surface area is 184 Å². The van der Waals surface area contributed by atoms with E-state index in [1.54, 1.807) is 23.1 Å². The smallest absolute Gasteiger partial charge is 0.275 e. The van der Waals surface area contributed by atoms with E-state index >= 15 is 0 Å². The summed E-state index contributed by atoms with van der Waals surface area (Å²) in [4.78, 5) is 29.1. The largest absolute Gasteiger partial charge is 0.335 e. The number of carbonyl (C=O) groups is 2. The number of rotatable bonds is 5. The van der Waals surface area contributed by atoms with Crippen LogP contribution in [0.3, 0.4) is 0 Å². The molecule has 0 atom stereocenters. The van der Waals surface area contributed by atoms with Crippen molar-refractivity contribution in [1.82, 2.24) is 20.0 Å². The molecule has 0 spiro atoms. The van der Waals surface area contributed by atoms with Gasteiger partial charge in [-0.05, 0) is 24.3 Å². The van der Waals surface area contributed by atoms with Crippen molar-refractivity contribution >= 4 is 40.0 Å². The van der Waals surface area contributed by atoms with Crippen molar-refractivity contribution in [3.8, 4) is 6.07 Å². The van der Waals surface area contributed by atoms with Crippen LogP contribution in [0.2, 0.25) is 5.02 Å². The van der Waals surface area contributed by atoms with E-state index < -0.39 is 0 Å². The lowest BCUT2D eigenvalue weighted by Gasteiger charge is -2.34. The number of aromatic amines is 1. The number of nitrogens with one attached hydrogen (secondary N) is 2. The van der Waals surface area contributed by atoms with Crippen molar-refractivity contribution in [2.75, 3.05) is 38.0 Å². The highest BCUT2D eigenvalue weighted by molar-refractivity contribution is 6.32. The summed E-state index contributed by atoms with van der Waals surface area (Å²) >= 11 is 6.00. The number of anilines is 1. The fourth-order valence-electron chi connectivity index (χ4n) is 3.62. The molecule has 2 N–H and O–H groups in total. The van der Waals surface area contributed by atoms with Crippen molar-refractivity contribution in [1.29, 1.82) is 5.26 Å². The molecule has 1 aromatic heterocycles. The van der Waals surface area contributed by atoms with Crippen LogP contribution in [0.25, 0.3) is 10.9 Å². The van der Waals surface area contributed by atoms with Crippen LogP contribution in [0.15, 0.2) is 42.5 Å². The Balaban J connectivity index is 1.25. The van der Waals surface area contributed by atoms with Gasteiger partial charge < -0.3 is 10.2 Å². The zero-order valence-electron chi connectivity index (χ0n) is 16.8. The van der Waals surface area contributed by atoms with Gasteiger partial charge in [-0.25, -0.2) is 0 Å². The van der Waals surface area contributed by atoms with Crippen LogP contribution in [0.5, 0.6) is 0 Å². The van der Waals surface area contributed by atoms with E-state index in [4.69, 9.17) is 16.9 Å². The Morgan fingerprint density at radius 1 is 1.16 bits per heavy atom. The molecule has 2 heterocycles. The number of carbonyl (C=O) groups excluding carboxylic acids is 2. The maximum absolute atomic E-state index is 12.9. The molecule has 3 aromatic rings. The highest BCUT2D eigenvalue weighted by Crippen LogP contribution is 2.21. The molecule has 0 unspecified atom stereocenters. The zero-order chi connectivity index (χ0) is 21.8. The maximum atomic E-state index is 12.9. The molecule has 1 saturated heterocycles. The summed E-state index contributed by atoms with van der Waals surface area (Å²) in [6.45, 7) is 3.18. The number of amides is 2. The number of hydrogen-bond donors (Lipinski definition) is 2. The standard InChI is InChI=1S/C22H21ClN6O2/c23-18-13-16(6-5-15(18)14-24)25-20(30)7-8-28-9-11-29(12-10-28)22(31)21-17-3-1-2-4-19(17)26-27-21/h1-6,13H,7-12H2,(H,25,30)(H,26,27). The summed E-state index contributed by atoms with van der Waals surface area (Å²) in [5, 5.41) is 20.0. The van der Waals surface area contributed by atoms with Crippen LogP contribution in [0.4, 0.5) is 5.69 Å². The second kappa shape index (κ2) is 9.16. The first kappa shape index (κ1) is 20.8. The number of H-pyrrole nitrogens is 1. The summed E-state index contributed by atoms with van der Waals surface area (Å²) in [5.41, 5.74) is 2.23. The Morgan fingerprint density at radius 3 is 2.68 bits per heavy atom. The second-order valence-corrected chi connectivity index (χ2v) is 7.76. The lowest BCUT2D eigenvalue weighted by molar-refractivity contribution is -0.116. The molecule has 0 saturated carbocycles. The van der Waals surface area contributed by atoms with E-state index in [9.17, 15) is 9.59 Å². The minimum absolute atomic E-state index is 0.0764. The van der Waals surface area contributed by atoms with Gasteiger partial charge in [-0.3, -0.25) is 19.6 Å². The summed E-state index contributed by atoms with van der Waals surface area (Å²) in [6.07, 6.45) is 0.329. The zero-order valence-corrected chi connectivity index (χ0v) is 17.5. The number of aromatic nitrogens is 2. The first-order valence-corrected chi connectivity index (χ1v) is 10.4. The molecule has 158 valence electrons. The highest BCUT2D eigenvalue weighted by Gasteiger charge is 2.25. The molecule has 0 radical (unpaired) electrons. The van der Waals surface area contributed by atoms with Gasteiger partial charge in [0.1, 0.15) is 6.07 Å². The van der Waals surface area contributed by atoms with Gasteiger partial charge in [0.25, 0.3) is 5.91 Å². The molecule has 2 amide bonds. The molecule has 1 aliphatic heterocycles. The molecular formula is C22H21ClN6O2. The van der Waals surface area contributed by atoms with Gasteiger partial charge in [0.2, 0.25) is 5.91 Å². The summed E-state index contributed by atoms with van der Waals surface area (Å²) < 4.78 is 0. The predicted molar refractivity (Wildman–Crippen MR) is 118 cm³/mol. The first-order valence-electron chi connectivity index (χ1n) is 9.99. The summed E-state index contributed by atoms with van der Waals surface area (Å²) in [5.74, 6) is -0.199. The number of nitriles is 1. The molecule has 8 nitrogen and oxygen atoms in total. The minimum Gasteiger partial charge on any atom is -0.335 e. The fourth-order valence-corrected chi connectivity index (χ4v) is 3.84. The van der Waals surface area contributed by atoms with Gasteiger partial charge in [-0.15, -0.1) is 0 Å². The molecule has 31 heavy (non-hydrogen) atoms. The SMILES string of the molecule is N#Cc1ccc(NC(=O)CCN2CCN(C(=O)c3n[nH]c4ccccc34)CC2)cc1Cl. The third kappa shape index (κ3) is 4.68. The third-order valence-corrected chi connectivity index (χ3v) is 5.67. The maximum Gasteiger partial charge on any atom is 0.275 e. The van der Waals surface area contributed by atoms with Gasteiger partial charge in [-0.1, -0.05) is 29.8 Å². The molecule has 1 fully saturated rings. The lowest BCUT2D eigenvalue weighted by Crippen LogP contribution is -2.49. The van der Waals surface area contributed by atoms with Crippen LogP contribution >= 0.6 is 11.6 Å². The van der Waals surface area contributed by atoms with Gasteiger partial charge in [-0.2, -0.15) is 10.4 Å². The predicted octanol–water partition coefficient (Wildman–Crippen LogP) is 2.87. The lowest BCUT2D eigenvalue weighted by atomic mass is 10.2. The number of para-hydroxylation sites is 1. The van der Waals surface area contributed by atoms with Crippen LogP contribution in [0.1, 0.15) is 22.5 Å². The Bertz CT molecular complexity index is 1160. The van der Waals surface area contributed by atoms with Crippen LogP contribution < -0.4 is 5.32 Å². The molecule has 1 aliphatic rings. The molecule has 4 rings (SSSR count). The number of nitrogens with zero attached hydrogens (tertiary/aromatic N) is 4. The number of fused-ring (bicyclic) bond motifs is 1. The van der Waals surface area contributed by atoms with Crippen molar-refractivity contribution < 1.29 is 9.59 Å². The molecule has 0 bridgehead atoms. The topological polar surface area (TPSA) is 105 Å². The van der Waals surface area contributed by atoms with E-state index in [-0.39, 0.29) is 11.8 Å². The highest BCUT2D eigenvalue weighted by atomic mass is 35.5.